The van der Waals surface area contributed by atoms with Crippen molar-refractivity contribution >= 4 is 54.9 Å². The number of hydrogen-bond acceptors (Lipinski definition) is 7. The lowest BCUT2D eigenvalue weighted by atomic mass is 9.97. The van der Waals surface area contributed by atoms with Crippen molar-refractivity contribution in [1.82, 2.24) is 9.55 Å². The molecule has 0 radical (unpaired) electrons. The third-order valence-corrected chi connectivity index (χ3v) is 9.55. The van der Waals surface area contributed by atoms with E-state index in [1.165, 1.54) is 46.5 Å². The summed E-state index contributed by atoms with van der Waals surface area (Å²) in [6, 6.07) is 5.82. The van der Waals surface area contributed by atoms with Crippen LogP contribution >= 0.6 is 23.1 Å². The third kappa shape index (κ3) is 4.66. The van der Waals surface area contributed by atoms with Crippen LogP contribution in [0.2, 0.25) is 0 Å². The van der Waals surface area contributed by atoms with Gasteiger partial charge in [0.15, 0.2) is 5.16 Å². The van der Waals surface area contributed by atoms with Gasteiger partial charge in [-0.2, -0.15) is 0 Å². The van der Waals surface area contributed by atoms with E-state index < -0.39 is 10.0 Å². The Kier molecular flexibility index (Phi) is 6.54. The molecule has 2 aliphatic carbocycles. The van der Waals surface area contributed by atoms with Gasteiger partial charge in [-0.3, -0.25) is 14.2 Å². The van der Waals surface area contributed by atoms with Crippen LogP contribution in [0, 0.1) is 0 Å². The molecule has 0 bridgehead atoms. The molecule has 11 heteroatoms. The molecule has 180 valence electrons. The molecule has 2 heterocycles. The zero-order valence-corrected chi connectivity index (χ0v) is 21.0. The fourth-order valence-corrected chi connectivity index (χ4v) is 7.52. The van der Waals surface area contributed by atoms with Gasteiger partial charge in [-0.25, -0.2) is 18.5 Å². The molecule has 1 fully saturated rings. The number of carbonyl (C=O) groups is 1. The largest absolute Gasteiger partial charge is 0.325 e. The minimum absolute atomic E-state index is 0.0170. The number of fused-ring (bicyclic) bond motifs is 3. The van der Waals surface area contributed by atoms with E-state index in [1.54, 1.807) is 11.3 Å². The zero-order valence-electron chi connectivity index (χ0n) is 18.6. The molecule has 2 aliphatic rings. The molecule has 3 N–H and O–H groups in total. The number of amides is 1. The number of hydrogen-bond donors (Lipinski definition) is 2. The Labute approximate surface area is 206 Å². The quantitative estimate of drug-likeness (QED) is 0.378. The molecule has 8 nitrogen and oxygen atoms in total. The van der Waals surface area contributed by atoms with Gasteiger partial charge in [0.1, 0.15) is 4.83 Å². The van der Waals surface area contributed by atoms with Gasteiger partial charge < -0.3 is 5.32 Å². The number of nitrogens with zero attached hydrogens (tertiary/aromatic N) is 2. The number of nitrogens with two attached hydrogens (primary N) is 1. The fraction of sp³-hybridized carbons (Fsp3) is 0.435. The molecule has 1 saturated carbocycles. The molecule has 0 spiro atoms. The second-order valence-electron chi connectivity index (χ2n) is 8.81. The van der Waals surface area contributed by atoms with Crippen molar-refractivity contribution in [2.45, 2.75) is 67.5 Å². The SMILES string of the molecule is NS(=O)(=O)c1ccc(NC(=O)CSc2nc3sc4c(c3c(=O)n2C2CCCC2)CCCC4)cc1. The number of aryl methyl sites for hydroxylation is 2. The molecule has 34 heavy (non-hydrogen) atoms. The number of thiophene rings is 1. The average molecular weight is 519 g/mol. The van der Waals surface area contributed by atoms with Crippen LogP contribution in [0.1, 0.15) is 55.0 Å². The predicted octanol–water partition coefficient (Wildman–Crippen LogP) is 3.83. The molecule has 0 unspecified atom stereocenters. The van der Waals surface area contributed by atoms with Gasteiger partial charge in [0.05, 0.1) is 16.0 Å². The van der Waals surface area contributed by atoms with Crippen LogP contribution in [0.25, 0.3) is 10.2 Å². The molecule has 1 aromatic carbocycles. The topological polar surface area (TPSA) is 124 Å². The number of benzene rings is 1. The highest BCUT2D eigenvalue weighted by molar-refractivity contribution is 7.99. The van der Waals surface area contributed by atoms with Gasteiger partial charge in [0.25, 0.3) is 5.56 Å². The van der Waals surface area contributed by atoms with Crippen LogP contribution < -0.4 is 16.0 Å². The number of aromatic nitrogens is 2. The van der Waals surface area contributed by atoms with E-state index in [4.69, 9.17) is 10.1 Å². The van der Waals surface area contributed by atoms with Crippen LogP contribution in [0.4, 0.5) is 5.69 Å². The van der Waals surface area contributed by atoms with Gasteiger partial charge in [-0.1, -0.05) is 24.6 Å². The first-order valence-electron chi connectivity index (χ1n) is 11.4. The monoisotopic (exact) mass is 518 g/mol. The van der Waals surface area contributed by atoms with Gasteiger partial charge in [0, 0.05) is 16.6 Å². The molecule has 3 aromatic rings. The van der Waals surface area contributed by atoms with Gasteiger partial charge in [0.2, 0.25) is 15.9 Å². The van der Waals surface area contributed by atoms with E-state index in [9.17, 15) is 18.0 Å². The van der Waals surface area contributed by atoms with Crippen LogP contribution in [-0.4, -0.2) is 29.6 Å². The van der Waals surface area contributed by atoms with Crippen LogP contribution in [-0.2, 0) is 27.7 Å². The van der Waals surface area contributed by atoms with Gasteiger partial charge >= 0.3 is 0 Å². The minimum atomic E-state index is -3.79. The maximum atomic E-state index is 13.7. The van der Waals surface area contributed by atoms with Crippen molar-refractivity contribution in [1.29, 1.82) is 0 Å². The zero-order chi connectivity index (χ0) is 23.9. The van der Waals surface area contributed by atoms with E-state index >= 15 is 0 Å². The van der Waals surface area contributed by atoms with Crippen molar-refractivity contribution < 1.29 is 13.2 Å². The van der Waals surface area contributed by atoms with Crippen molar-refractivity contribution in [2.75, 3.05) is 11.1 Å². The number of sulfonamides is 1. The Morgan fingerprint density at radius 1 is 1.15 bits per heavy atom. The Bertz CT molecular complexity index is 1400. The number of thioether (sulfide) groups is 1. The standard InChI is InChI=1S/C23H26N4O4S3/c24-34(30,31)16-11-9-14(10-12-16)25-19(28)13-32-23-26-21-20(17-7-3-4-8-18(17)33-21)22(29)27(23)15-5-1-2-6-15/h9-12,15H,1-8,13H2,(H,25,28)(H2,24,30,31). The molecule has 5 rings (SSSR count). The molecule has 2 aromatic heterocycles. The summed E-state index contributed by atoms with van der Waals surface area (Å²) in [6.07, 6.45) is 8.30. The van der Waals surface area contributed by atoms with Crippen molar-refractivity contribution in [2.24, 2.45) is 5.14 Å². The van der Waals surface area contributed by atoms with Gasteiger partial charge in [-0.15, -0.1) is 11.3 Å². The Morgan fingerprint density at radius 3 is 2.56 bits per heavy atom. The van der Waals surface area contributed by atoms with Crippen LogP contribution in [0.3, 0.4) is 0 Å². The Hall–Kier alpha value is -2.21. The van der Waals surface area contributed by atoms with E-state index in [0.29, 0.717) is 10.8 Å². The molecular formula is C23H26N4O4S3. The fourth-order valence-electron chi connectivity index (χ4n) is 4.84. The highest BCUT2D eigenvalue weighted by Crippen LogP contribution is 2.37. The smallest absolute Gasteiger partial charge is 0.263 e. The lowest BCUT2D eigenvalue weighted by Crippen LogP contribution is -2.27. The van der Waals surface area contributed by atoms with E-state index in [-0.39, 0.29) is 28.2 Å². The molecule has 0 atom stereocenters. The van der Waals surface area contributed by atoms with Gasteiger partial charge in [-0.05, 0) is 68.4 Å². The first kappa shape index (κ1) is 23.5. The van der Waals surface area contributed by atoms with Crippen LogP contribution in [0.5, 0.6) is 0 Å². The second-order valence-corrected chi connectivity index (χ2v) is 12.4. The van der Waals surface area contributed by atoms with E-state index in [0.717, 1.165) is 61.6 Å². The summed E-state index contributed by atoms with van der Waals surface area (Å²) >= 11 is 2.90. The van der Waals surface area contributed by atoms with Crippen LogP contribution in [0.15, 0.2) is 39.1 Å². The number of carbonyl (C=O) groups excluding carboxylic acids is 1. The first-order chi connectivity index (χ1) is 16.3. The number of anilines is 1. The maximum Gasteiger partial charge on any atom is 0.263 e. The third-order valence-electron chi connectivity index (χ3n) is 6.48. The Balaban J connectivity index is 1.40. The minimum Gasteiger partial charge on any atom is -0.325 e. The normalized spacial score (nSPS) is 16.6. The van der Waals surface area contributed by atoms with E-state index in [1.807, 2.05) is 4.57 Å². The summed E-state index contributed by atoms with van der Waals surface area (Å²) in [7, 11) is -3.79. The highest BCUT2D eigenvalue weighted by Gasteiger charge is 2.27. The summed E-state index contributed by atoms with van der Waals surface area (Å²) < 4.78 is 24.7. The summed E-state index contributed by atoms with van der Waals surface area (Å²) in [5.41, 5.74) is 1.70. The van der Waals surface area contributed by atoms with Crippen molar-refractivity contribution in [3.8, 4) is 0 Å². The average Bonchev–Trinajstić information content (AvgIpc) is 3.45. The van der Waals surface area contributed by atoms with Crippen molar-refractivity contribution in [3.05, 3.63) is 45.1 Å². The highest BCUT2D eigenvalue weighted by atomic mass is 32.2. The molecule has 0 saturated heterocycles. The number of rotatable bonds is 6. The lowest BCUT2D eigenvalue weighted by molar-refractivity contribution is -0.113. The van der Waals surface area contributed by atoms with E-state index in [2.05, 4.69) is 5.32 Å². The lowest BCUT2D eigenvalue weighted by Gasteiger charge is -2.18. The summed E-state index contributed by atoms with van der Waals surface area (Å²) in [5.74, 6) is -0.168. The first-order valence-corrected chi connectivity index (χ1v) is 14.8. The van der Waals surface area contributed by atoms with Crippen molar-refractivity contribution in [3.63, 3.8) is 0 Å². The Morgan fingerprint density at radius 2 is 1.85 bits per heavy atom. The molecule has 1 amide bonds. The second kappa shape index (κ2) is 9.44. The summed E-state index contributed by atoms with van der Waals surface area (Å²) in [5, 5.41) is 9.27. The summed E-state index contributed by atoms with van der Waals surface area (Å²) in [6.45, 7) is 0. The molecular weight excluding hydrogens is 492 g/mol. The number of nitrogens with one attached hydrogen (secondary N) is 1. The predicted molar refractivity (Wildman–Crippen MR) is 135 cm³/mol. The maximum absolute atomic E-state index is 13.7. The molecule has 0 aliphatic heterocycles. The number of primary sulfonamides is 1. The summed E-state index contributed by atoms with van der Waals surface area (Å²) in [4.78, 5) is 33.2.